The van der Waals surface area contributed by atoms with Crippen LogP contribution in [0, 0.1) is 35.0 Å². The van der Waals surface area contributed by atoms with E-state index in [9.17, 15) is 10.1 Å². The van der Waals surface area contributed by atoms with Gasteiger partial charge in [-0.3, -0.25) is 4.79 Å². The highest BCUT2D eigenvalue weighted by Gasteiger charge is 2.54. The molecule has 0 amide bonds. The number of carbonyl (C=O) groups excluding carboxylic acids is 1. The Hall–Kier alpha value is -1.48. The van der Waals surface area contributed by atoms with Gasteiger partial charge in [0.2, 0.25) is 5.79 Å². The summed E-state index contributed by atoms with van der Waals surface area (Å²) in [6, 6.07) is 2.29. The van der Waals surface area contributed by atoms with Crippen LogP contribution in [0.15, 0.2) is 22.3 Å². The van der Waals surface area contributed by atoms with Crippen LogP contribution in [0.3, 0.4) is 0 Å². The summed E-state index contributed by atoms with van der Waals surface area (Å²) < 4.78 is 6.94. The van der Waals surface area contributed by atoms with Gasteiger partial charge in [-0.2, -0.15) is 10.1 Å². The monoisotopic (exact) mass is 571 g/mol. The highest BCUT2D eigenvalue weighted by Crippen LogP contribution is 2.51. The number of hydrogen-bond donors (Lipinski definition) is 0. The lowest BCUT2D eigenvalue weighted by molar-refractivity contribution is -0.452. The van der Waals surface area contributed by atoms with Gasteiger partial charge in [-0.15, -0.1) is 0 Å². The Morgan fingerprint density at radius 2 is 1.46 bits per heavy atom. The van der Waals surface area contributed by atoms with Gasteiger partial charge in [-0.1, -0.05) is 92.9 Å². The van der Waals surface area contributed by atoms with Gasteiger partial charge in [0.1, 0.15) is 6.07 Å². The summed E-state index contributed by atoms with van der Waals surface area (Å²) in [6.45, 7) is 23.1. The maximum absolute atomic E-state index is 13.0. The van der Waals surface area contributed by atoms with Crippen LogP contribution in [0.4, 0.5) is 0 Å². The molecule has 0 N–H and O–H groups in total. The third-order valence-corrected chi connectivity index (χ3v) is 9.53. The van der Waals surface area contributed by atoms with Crippen LogP contribution < -0.4 is 0 Å². The lowest BCUT2D eigenvalue weighted by Gasteiger charge is -2.50. The molecule has 1 aliphatic carbocycles. The molecule has 1 fully saturated rings. The van der Waals surface area contributed by atoms with Crippen molar-refractivity contribution >= 4 is 5.78 Å². The third kappa shape index (κ3) is 9.77. The SMILES string of the molecule is CC1=C(C)[C@@]2(OO[C@@](C)(C#N)CC(C)C)O[C@](C)(CCC[C@H](C)CCC[C@H](C)CCCC(C)C)CCC2=C(C)C1=O. The van der Waals surface area contributed by atoms with E-state index in [1.54, 1.807) is 6.92 Å². The molecule has 2 rings (SSSR count). The molecule has 5 nitrogen and oxygen atoms in total. The van der Waals surface area contributed by atoms with E-state index in [4.69, 9.17) is 14.5 Å². The van der Waals surface area contributed by atoms with Gasteiger partial charge in [0.25, 0.3) is 0 Å². The van der Waals surface area contributed by atoms with Crippen LogP contribution in [0.25, 0.3) is 0 Å². The highest BCUT2D eigenvalue weighted by atomic mass is 17.2. The normalized spacial score (nSPS) is 26.3. The molecule has 41 heavy (non-hydrogen) atoms. The summed E-state index contributed by atoms with van der Waals surface area (Å²) in [4.78, 5) is 25.3. The minimum absolute atomic E-state index is 0.0391. The Labute approximate surface area is 252 Å². The third-order valence-electron chi connectivity index (χ3n) is 9.53. The number of hydrogen-bond acceptors (Lipinski definition) is 5. The van der Waals surface area contributed by atoms with Crippen LogP contribution >= 0.6 is 0 Å². The van der Waals surface area contributed by atoms with Gasteiger partial charge >= 0.3 is 0 Å². The molecule has 5 heteroatoms. The van der Waals surface area contributed by atoms with Crippen LogP contribution in [0.1, 0.15) is 153 Å². The molecule has 0 spiro atoms. The number of nitriles is 1. The standard InChI is InChI=1S/C36H61NO4/c1-25(2)15-12-16-27(5)17-13-18-28(6)19-14-21-34(10)22-20-32-30(8)33(38)29(7)31(9)36(32,39-34)41-40-35(11,24-37)23-26(3)4/h25-28H,12-23H2,1-11H3/t27-,28-,34-,35-,36+/m1/s1. The lowest BCUT2D eigenvalue weighted by Crippen LogP contribution is -2.54. The molecule has 5 atom stereocenters. The molecule has 0 aromatic carbocycles. The molecule has 234 valence electrons. The molecule has 1 saturated heterocycles. The average molecular weight is 572 g/mol. The Balaban J connectivity index is 2.05. The summed E-state index contributed by atoms with van der Waals surface area (Å²) in [5.41, 5.74) is 1.34. The number of rotatable bonds is 17. The number of allylic oxidation sites excluding steroid dienone is 2. The Morgan fingerprint density at radius 3 is 2.00 bits per heavy atom. The zero-order valence-electron chi connectivity index (χ0n) is 28.4. The van der Waals surface area contributed by atoms with Crippen molar-refractivity contribution in [3.05, 3.63) is 22.3 Å². The van der Waals surface area contributed by atoms with Crippen molar-refractivity contribution in [1.82, 2.24) is 0 Å². The van der Waals surface area contributed by atoms with Gasteiger partial charge in [0.05, 0.1) is 5.60 Å². The van der Waals surface area contributed by atoms with Gasteiger partial charge in [0, 0.05) is 16.7 Å². The summed E-state index contributed by atoms with van der Waals surface area (Å²) in [7, 11) is 0. The fourth-order valence-electron chi connectivity index (χ4n) is 6.72. The van der Waals surface area contributed by atoms with Crippen molar-refractivity contribution in [3.8, 4) is 6.07 Å². The summed E-state index contributed by atoms with van der Waals surface area (Å²) in [6.07, 6.45) is 13.2. The summed E-state index contributed by atoms with van der Waals surface area (Å²) in [5, 5.41) is 9.92. The fourth-order valence-corrected chi connectivity index (χ4v) is 6.72. The predicted octanol–water partition coefficient (Wildman–Crippen LogP) is 10.2. The molecule has 0 radical (unpaired) electrons. The van der Waals surface area contributed by atoms with Crippen LogP contribution in [0.2, 0.25) is 0 Å². The Bertz CT molecular complexity index is 988. The number of Topliss-reactive ketones (excluding diaryl/α,β-unsaturated/α-hetero) is 1. The van der Waals surface area contributed by atoms with Crippen molar-refractivity contribution in [2.24, 2.45) is 23.7 Å². The highest BCUT2D eigenvalue weighted by molar-refractivity contribution is 6.10. The molecule has 0 aromatic rings. The zero-order valence-corrected chi connectivity index (χ0v) is 28.4. The maximum atomic E-state index is 13.0. The molecule has 0 aromatic heterocycles. The van der Waals surface area contributed by atoms with Crippen molar-refractivity contribution in [2.45, 2.75) is 170 Å². The van der Waals surface area contributed by atoms with Crippen LogP contribution in [-0.4, -0.2) is 22.8 Å². The van der Waals surface area contributed by atoms with E-state index < -0.39 is 17.0 Å². The number of fused-ring (bicyclic) bond motifs is 1. The quantitative estimate of drug-likeness (QED) is 0.128. The maximum Gasteiger partial charge on any atom is 0.247 e. The minimum Gasteiger partial charge on any atom is -0.334 e. The molecule has 1 heterocycles. The van der Waals surface area contributed by atoms with E-state index in [-0.39, 0.29) is 11.7 Å². The lowest BCUT2D eigenvalue weighted by atomic mass is 9.75. The van der Waals surface area contributed by atoms with Crippen molar-refractivity contribution in [2.75, 3.05) is 0 Å². The first-order valence-corrected chi connectivity index (χ1v) is 16.5. The largest absolute Gasteiger partial charge is 0.334 e. The van der Waals surface area contributed by atoms with Crippen molar-refractivity contribution in [3.63, 3.8) is 0 Å². The smallest absolute Gasteiger partial charge is 0.247 e. The Kier molecular flexibility index (Phi) is 13.3. The minimum atomic E-state index is -1.28. The van der Waals surface area contributed by atoms with Gasteiger partial charge in [-0.25, -0.2) is 4.89 Å². The van der Waals surface area contributed by atoms with E-state index in [0.29, 0.717) is 29.9 Å². The van der Waals surface area contributed by atoms with E-state index in [0.717, 1.165) is 42.2 Å². The molecule has 0 unspecified atom stereocenters. The second-order valence-electron chi connectivity index (χ2n) is 14.8. The van der Waals surface area contributed by atoms with Crippen LogP contribution in [0.5, 0.6) is 0 Å². The average Bonchev–Trinajstić information content (AvgIpc) is 2.89. The first-order chi connectivity index (χ1) is 19.1. The summed E-state index contributed by atoms with van der Waals surface area (Å²) in [5.74, 6) is 1.35. The van der Waals surface area contributed by atoms with Gasteiger partial charge in [0.15, 0.2) is 11.4 Å². The second-order valence-corrected chi connectivity index (χ2v) is 14.8. The number of ketones is 1. The van der Waals surface area contributed by atoms with Crippen molar-refractivity contribution < 1.29 is 19.3 Å². The first kappa shape index (κ1) is 35.7. The number of carbonyl (C=O) groups is 1. The number of ether oxygens (including phenoxy) is 1. The molecular formula is C36H61NO4. The Morgan fingerprint density at radius 1 is 0.902 bits per heavy atom. The predicted molar refractivity (Wildman–Crippen MR) is 168 cm³/mol. The van der Waals surface area contributed by atoms with Crippen molar-refractivity contribution in [1.29, 1.82) is 5.26 Å². The topological polar surface area (TPSA) is 68.6 Å². The van der Waals surface area contributed by atoms with E-state index in [1.807, 2.05) is 20.8 Å². The second kappa shape index (κ2) is 15.3. The summed E-state index contributed by atoms with van der Waals surface area (Å²) >= 11 is 0. The first-order valence-electron chi connectivity index (χ1n) is 16.5. The number of nitrogens with zero attached hydrogens (tertiary/aromatic N) is 1. The van der Waals surface area contributed by atoms with E-state index in [2.05, 4.69) is 54.5 Å². The van der Waals surface area contributed by atoms with Crippen LogP contribution in [-0.2, 0) is 19.3 Å². The molecule has 1 aliphatic heterocycles. The molecular weight excluding hydrogens is 510 g/mol. The van der Waals surface area contributed by atoms with E-state index in [1.165, 1.54) is 44.9 Å². The fraction of sp³-hybridized carbons (Fsp3) is 0.833. The molecule has 0 bridgehead atoms. The van der Waals surface area contributed by atoms with E-state index >= 15 is 0 Å². The molecule has 2 aliphatic rings. The zero-order chi connectivity index (χ0) is 31.0. The van der Waals surface area contributed by atoms with Gasteiger partial charge in [-0.05, 0) is 89.5 Å². The molecule has 0 saturated carbocycles. The van der Waals surface area contributed by atoms with Gasteiger partial charge < -0.3 is 4.74 Å².